The number of rotatable bonds is 7. The molecule has 4 aliphatic rings. The van der Waals surface area contributed by atoms with Crippen molar-refractivity contribution in [1.29, 1.82) is 0 Å². The maximum atomic E-state index is 15.1. The van der Waals surface area contributed by atoms with Gasteiger partial charge in [0.1, 0.15) is 29.8 Å². The van der Waals surface area contributed by atoms with E-state index >= 15 is 4.79 Å². The topological polar surface area (TPSA) is 135 Å². The molecule has 260 valence electrons. The summed E-state index contributed by atoms with van der Waals surface area (Å²) in [4.78, 5) is 60.4. The Bertz CT molecular complexity index is 1640. The first kappa shape index (κ1) is 35.0. The minimum atomic E-state index is -1.47. The van der Waals surface area contributed by atoms with E-state index in [2.05, 4.69) is 21.2 Å². The SMILES string of the molecule is COC[C@H]1NC(=O)CC/C=C\CN(c2c(C)cccc2C)C(=O)[C@@H]2N(CCCO)C(=O)[C@H]3[C@H](C(=O)O[C@@H]1c1ccccc1)[C@H]1O[C@@]23C=C1Br. The number of nitrogens with zero attached hydrogens (tertiary/aromatic N) is 2. The Hall–Kier alpha value is -3.84. The van der Waals surface area contributed by atoms with Gasteiger partial charge in [-0.25, -0.2) is 0 Å². The first-order chi connectivity index (χ1) is 23.6. The third-order valence-electron chi connectivity index (χ3n) is 9.89. The van der Waals surface area contributed by atoms with Crippen LogP contribution in [-0.4, -0.2) is 90.9 Å². The van der Waals surface area contributed by atoms with Gasteiger partial charge in [-0.2, -0.15) is 0 Å². The summed E-state index contributed by atoms with van der Waals surface area (Å²) in [5.41, 5.74) is 1.63. The molecule has 2 aromatic carbocycles. The second kappa shape index (κ2) is 14.6. The Morgan fingerprint density at radius 3 is 2.43 bits per heavy atom. The molecule has 11 nitrogen and oxygen atoms in total. The van der Waals surface area contributed by atoms with E-state index < -0.39 is 53.6 Å². The minimum Gasteiger partial charge on any atom is -0.455 e. The van der Waals surface area contributed by atoms with Crippen LogP contribution in [0.25, 0.3) is 0 Å². The van der Waals surface area contributed by atoms with Crippen molar-refractivity contribution in [3.63, 3.8) is 0 Å². The second-order valence-electron chi connectivity index (χ2n) is 13.0. The number of fused-ring (bicyclic) bond motifs is 2. The molecule has 2 saturated heterocycles. The van der Waals surface area contributed by atoms with E-state index in [1.807, 2.05) is 62.4 Å². The number of cyclic esters (lactones) is 1. The van der Waals surface area contributed by atoms with E-state index in [9.17, 15) is 19.5 Å². The van der Waals surface area contributed by atoms with Crippen molar-refractivity contribution in [2.45, 2.75) is 63.0 Å². The van der Waals surface area contributed by atoms with Crippen LogP contribution < -0.4 is 10.2 Å². The maximum absolute atomic E-state index is 15.1. The predicted octanol–water partition coefficient (Wildman–Crippen LogP) is 3.66. The lowest BCUT2D eigenvalue weighted by atomic mass is 9.74. The number of hydrogen-bond donors (Lipinski definition) is 2. The number of nitrogens with one attached hydrogen (secondary N) is 1. The zero-order chi connectivity index (χ0) is 34.9. The number of para-hydroxylation sites is 1. The van der Waals surface area contributed by atoms with Gasteiger partial charge in [-0.05, 0) is 49.5 Å². The highest BCUT2D eigenvalue weighted by atomic mass is 79.9. The normalized spacial score (nSPS) is 31.0. The number of aliphatic hydroxyl groups excluding tert-OH is 1. The van der Waals surface area contributed by atoms with E-state index in [1.165, 1.54) is 12.0 Å². The van der Waals surface area contributed by atoms with E-state index in [1.54, 1.807) is 23.1 Å². The molecule has 4 heterocycles. The Labute approximate surface area is 294 Å². The van der Waals surface area contributed by atoms with Crippen molar-refractivity contribution < 1.29 is 38.5 Å². The standard InChI is InChI=1S/C37H42BrN3O8/c1-22-12-10-13-23(2)30(22)40-17-9-5-8-16-27(43)39-26(21-47-3)31(24-14-6-4-7-15-24)48-36(46)28-29-34(44)41(18-11-19-42)33(35(40)45)37(29)20-25(38)32(28)49-37/h4-7,9-10,12-15,20,26,28-29,31-33,42H,8,11,16-19,21H2,1-3H3,(H,39,43)/b9-5-/t26-,28+,29-,31-,32+,33+,37-/m1/s1. The van der Waals surface area contributed by atoms with Crippen molar-refractivity contribution in [2.75, 3.05) is 38.3 Å². The summed E-state index contributed by atoms with van der Waals surface area (Å²) in [5.74, 6) is -3.87. The number of allylic oxidation sites excluding steroid dienone is 1. The zero-order valence-electron chi connectivity index (χ0n) is 27.8. The van der Waals surface area contributed by atoms with Gasteiger partial charge >= 0.3 is 5.97 Å². The molecule has 2 aromatic rings. The summed E-state index contributed by atoms with van der Waals surface area (Å²) in [6.07, 6.45) is 4.47. The van der Waals surface area contributed by atoms with E-state index in [0.29, 0.717) is 22.2 Å². The van der Waals surface area contributed by atoms with Gasteiger partial charge in [0.15, 0.2) is 0 Å². The lowest BCUT2D eigenvalue weighted by Gasteiger charge is -2.36. The Morgan fingerprint density at radius 2 is 1.73 bits per heavy atom. The number of methoxy groups -OCH3 is 1. The number of ether oxygens (including phenoxy) is 3. The summed E-state index contributed by atoms with van der Waals surface area (Å²) in [6, 6.07) is 13.0. The summed E-state index contributed by atoms with van der Waals surface area (Å²) in [6.45, 7) is 3.99. The number of esters is 1. The molecule has 0 aliphatic carbocycles. The molecule has 7 atom stereocenters. The van der Waals surface area contributed by atoms with E-state index in [-0.39, 0.29) is 51.0 Å². The number of halogens is 1. The van der Waals surface area contributed by atoms with Crippen molar-refractivity contribution >= 4 is 45.3 Å². The number of aryl methyl sites for hydroxylation is 2. The molecule has 1 spiro atoms. The minimum absolute atomic E-state index is 0.0607. The van der Waals surface area contributed by atoms with Crippen molar-refractivity contribution in [3.8, 4) is 0 Å². The Kier molecular flexibility index (Phi) is 10.4. The molecule has 5 bridgehead atoms. The lowest BCUT2D eigenvalue weighted by Crippen LogP contribution is -2.56. The highest BCUT2D eigenvalue weighted by molar-refractivity contribution is 9.11. The molecule has 0 unspecified atom stereocenters. The zero-order valence-corrected chi connectivity index (χ0v) is 29.4. The number of carbonyl (C=O) groups is 4. The fraction of sp³-hybridized carbons (Fsp3) is 0.459. The molecule has 12 heteroatoms. The molecular weight excluding hydrogens is 694 g/mol. The van der Waals surface area contributed by atoms with Crippen LogP contribution in [0, 0.1) is 25.7 Å². The summed E-state index contributed by atoms with van der Waals surface area (Å²) in [7, 11) is 1.51. The van der Waals surface area contributed by atoms with Gasteiger partial charge in [0.2, 0.25) is 11.8 Å². The summed E-state index contributed by atoms with van der Waals surface area (Å²) >= 11 is 3.60. The average molecular weight is 737 g/mol. The number of anilines is 1. The van der Waals surface area contributed by atoms with Crippen LogP contribution >= 0.6 is 15.9 Å². The van der Waals surface area contributed by atoms with Crippen LogP contribution in [-0.2, 0) is 33.4 Å². The molecule has 3 amide bonds. The smallest absolute Gasteiger partial charge is 0.313 e. The number of benzene rings is 2. The Morgan fingerprint density at radius 1 is 1.00 bits per heavy atom. The lowest BCUT2D eigenvalue weighted by molar-refractivity contribution is -0.162. The first-order valence-corrected chi connectivity index (χ1v) is 17.5. The quantitative estimate of drug-likeness (QED) is 0.325. The van der Waals surface area contributed by atoms with Gasteiger partial charge < -0.3 is 34.4 Å². The fourth-order valence-corrected chi connectivity index (χ4v) is 8.56. The van der Waals surface area contributed by atoms with Crippen LogP contribution in [0.2, 0.25) is 0 Å². The van der Waals surface area contributed by atoms with Crippen LogP contribution in [0.3, 0.4) is 0 Å². The molecule has 0 radical (unpaired) electrons. The van der Waals surface area contributed by atoms with Gasteiger partial charge in [0.25, 0.3) is 5.91 Å². The van der Waals surface area contributed by atoms with E-state index in [0.717, 1.165) is 11.1 Å². The number of amides is 3. The van der Waals surface area contributed by atoms with Crippen LogP contribution in [0.5, 0.6) is 0 Å². The number of likely N-dealkylation sites (tertiary alicyclic amines) is 1. The largest absolute Gasteiger partial charge is 0.455 e. The van der Waals surface area contributed by atoms with Crippen molar-refractivity contribution in [2.24, 2.45) is 11.8 Å². The summed E-state index contributed by atoms with van der Waals surface area (Å²) < 4.78 is 19.0. The second-order valence-corrected chi connectivity index (χ2v) is 13.9. The van der Waals surface area contributed by atoms with Gasteiger partial charge in [-0.15, -0.1) is 0 Å². The average Bonchev–Trinajstić information content (AvgIpc) is 3.67. The molecule has 2 N–H and O–H groups in total. The highest BCUT2D eigenvalue weighted by Gasteiger charge is 2.75. The van der Waals surface area contributed by atoms with Crippen molar-refractivity contribution in [1.82, 2.24) is 10.2 Å². The number of carbonyl (C=O) groups excluding carboxylic acids is 4. The maximum Gasteiger partial charge on any atom is 0.313 e. The van der Waals surface area contributed by atoms with Gasteiger partial charge in [0.05, 0.1) is 18.6 Å². The van der Waals surface area contributed by atoms with E-state index in [4.69, 9.17) is 14.2 Å². The number of aliphatic hydroxyl groups is 1. The van der Waals surface area contributed by atoms with Crippen LogP contribution in [0.1, 0.15) is 42.1 Å². The molecule has 6 rings (SSSR count). The fourth-order valence-electron chi connectivity index (χ4n) is 7.82. The molecule has 2 fully saturated rings. The number of hydrogen-bond acceptors (Lipinski definition) is 8. The first-order valence-electron chi connectivity index (χ1n) is 16.7. The van der Waals surface area contributed by atoms with Gasteiger partial charge in [0, 0.05) is 43.4 Å². The van der Waals surface area contributed by atoms with Gasteiger partial charge in [-0.1, -0.05) is 76.6 Å². The predicted molar refractivity (Wildman–Crippen MR) is 185 cm³/mol. The third-order valence-corrected chi connectivity index (χ3v) is 10.6. The van der Waals surface area contributed by atoms with Crippen molar-refractivity contribution in [3.05, 3.63) is 87.9 Å². The highest BCUT2D eigenvalue weighted by Crippen LogP contribution is 2.59. The van der Waals surface area contributed by atoms with Crippen LogP contribution in [0.15, 0.2) is 71.2 Å². The van der Waals surface area contributed by atoms with Crippen LogP contribution in [0.4, 0.5) is 5.69 Å². The van der Waals surface area contributed by atoms with Gasteiger partial charge in [-0.3, -0.25) is 19.2 Å². The molecule has 4 aliphatic heterocycles. The molecule has 0 aromatic heterocycles. The third kappa shape index (κ3) is 6.35. The summed E-state index contributed by atoms with van der Waals surface area (Å²) in [5, 5.41) is 12.8. The molecular formula is C37H42BrN3O8. The molecule has 0 saturated carbocycles. The molecule has 49 heavy (non-hydrogen) atoms. The monoisotopic (exact) mass is 735 g/mol. The Balaban J connectivity index is 1.49.